The molecule has 0 saturated carbocycles. The van der Waals surface area contributed by atoms with Crippen LogP contribution >= 0.6 is 0 Å². The molecule has 1 aliphatic carbocycles. The number of ether oxygens (including phenoxy) is 1. The maximum absolute atomic E-state index is 12.3. The normalized spacial score (nSPS) is 14.4. The van der Waals surface area contributed by atoms with Gasteiger partial charge in [-0.2, -0.15) is 0 Å². The van der Waals surface area contributed by atoms with Crippen LogP contribution in [0.4, 0.5) is 4.79 Å². The van der Waals surface area contributed by atoms with Crippen LogP contribution in [-0.4, -0.2) is 35.6 Å². The fourth-order valence-corrected chi connectivity index (χ4v) is 4.43. The Balaban J connectivity index is 1.29. The number of fused-ring (bicyclic) bond motifs is 3. The second-order valence-electron chi connectivity index (χ2n) is 8.34. The van der Waals surface area contributed by atoms with E-state index in [1.807, 2.05) is 56.3 Å². The molecule has 1 aliphatic rings. The number of rotatable bonds is 7. The molecule has 166 valence electrons. The first-order valence-electron chi connectivity index (χ1n) is 11.0. The van der Waals surface area contributed by atoms with E-state index in [-0.39, 0.29) is 25.5 Å². The van der Waals surface area contributed by atoms with E-state index in [1.54, 1.807) is 0 Å². The molecule has 0 spiro atoms. The molecule has 2 unspecified atom stereocenters. The second kappa shape index (κ2) is 9.55. The van der Waals surface area contributed by atoms with Crippen molar-refractivity contribution in [3.05, 3.63) is 94.5 Å². The third kappa shape index (κ3) is 4.40. The van der Waals surface area contributed by atoms with E-state index in [4.69, 9.17) is 4.74 Å². The maximum atomic E-state index is 12.3. The van der Waals surface area contributed by atoms with Gasteiger partial charge in [0.05, 0.1) is 6.10 Å². The van der Waals surface area contributed by atoms with Gasteiger partial charge >= 0.3 is 6.09 Å². The van der Waals surface area contributed by atoms with E-state index in [9.17, 15) is 15.0 Å². The van der Waals surface area contributed by atoms with E-state index in [0.717, 1.165) is 22.3 Å². The number of nitrogens with one attached hydrogen (secondary N) is 1. The van der Waals surface area contributed by atoms with Crippen LogP contribution in [0.5, 0.6) is 0 Å². The minimum absolute atomic E-state index is 0.00450. The first-order chi connectivity index (χ1) is 15.5. The van der Waals surface area contributed by atoms with Gasteiger partial charge in [0.2, 0.25) is 0 Å². The van der Waals surface area contributed by atoms with Gasteiger partial charge in [0.25, 0.3) is 0 Å². The largest absolute Gasteiger partial charge is 0.449 e. The average Bonchev–Trinajstić information content (AvgIpc) is 3.13. The van der Waals surface area contributed by atoms with E-state index >= 15 is 0 Å². The summed E-state index contributed by atoms with van der Waals surface area (Å²) in [5.74, 6) is 0.00450. The summed E-state index contributed by atoms with van der Waals surface area (Å²) in [6.45, 7) is 4.35. The van der Waals surface area contributed by atoms with Crippen LogP contribution in [0.3, 0.4) is 0 Å². The lowest BCUT2D eigenvalue weighted by atomic mass is 9.95. The van der Waals surface area contributed by atoms with Gasteiger partial charge in [-0.25, -0.2) is 4.79 Å². The molecule has 2 atom stereocenters. The maximum Gasteiger partial charge on any atom is 0.407 e. The predicted molar refractivity (Wildman–Crippen MR) is 125 cm³/mol. The first-order valence-corrected chi connectivity index (χ1v) is 11.0. The molecule has 0 aliphatic heterocycles. The van der Waals surface area contributed by atoms with Gasteiger partial charge in [-0.3, -0.25) is 0 Å². The topological polar surface area (TPSA) is 78.8 Å². The van der Waals surface area contributed by atoms with Crippen molar-refractivity contribution in [1.82, 2.24) is 5.32 Å². The van der Waals surface area contributed by atoms with E-state index in [0.29, 0.717) is 5.56 Å². The Hall–Kier alpha value is -3.15. The number of amides is 1. The van der Waals surface area contributed by atoms with Gasteiger partial charge in [-0.15, -0.1) is 0 Å². The number of benzene rings is 3. The molecule has 0 heterocycles. The van der Waals surface area contributed by atoms with Crippen LogP contribution in [0, 0.1) is 13.8 Å². The molecular formula is C27H29NO4. The van der Waals surface area contributed by atoms with Gasteiger partial charge in [-0.05, 0) is 59.2 Å². The highest BCUT2D eigenvalue weighted by Gasteiger charge is 2.29. The molecule has 5 heteroatoms. The lowest BCUT2D eigenvalue weighted by molar-refractivity contribution is 0.0133. The van der Waals surface area contributed by atoms with Gasteiger partial charge in [0, 0.05) is 12.5 Å². The van der Waals surface area contributed by atoms with Crippen molar-refractivity contribution in [2.24, 2.45) is 0 Å². The van der Waals surface area contributed by atoms with Gasteiger partial charge < -0.3 is 20.3 Å². The summed E-state index contributed by atoms with van der Waals surface area (Å²) in [7, 11) is 0. The standard InChI is InChI=1S/C27H29NO4/c1-17-8-7-13-19(18(17)2)26(30)25(29)14-15-28-27(31)32-16-24-22-11-5-3-9-20(22)21-10-4-6-12-23(21)24/h3-13,24-26,29-30H,14-16H2,1-2H3,(H,28,31). The molecule has 3 aromatic rings. The number of alkyl carbamates (subject to hydrolysis) is 1. The Labute approximate surface area is 188 Å². The van der Waals surface area contributed by atoms with Gasteiger partial charge in [0.1, 0.15) is 12.7 Å². The highest BCUT2D eigenvalue weighted by Crippen LogP contribution is 2.44. The Morgan fingerprint density at radius 3 is 2.22 bits per heavy atom. The summed E-state index contributed by atoms with van der Waals surface area (Å²) < 4.78 is 5.51. The van der Waals surface area contributed by atoms with Crippen LogP contribution in [0.15, 0.2) is 66.7 Å². The molecule has 0 aromatic heterocycles. The number of hydrogen-bond donors (Lipinski definition) is 3. The summed E-state index contributed by atoms with van der Waals surface area (Å²) in [5.41, 5.74) is 7.41. The van der Waals surface area contributed by atoms with E-state index in [2.05, 4.69) is 29.6 Å². The summed E-state index contributed by atoms with van der Waals surface area (Å²) in [5, 5.41) is 23.6. The number of aryl methyl sites for hydroxylation is 1. The molecule has 0 fully saturated rings. The zero-order valence-corrected chi connectivity index (χ0v) is 18.4. The molecular weight excluding hydrogens is 402 g/mol. The molecule has 4 rings (SSSR count). The van der Waals surface area contributed by atoms with Crippen molar-refractivity contribution in [2.75, 3.05) is 13.2 Å². The van der Waals surface area contributed by atoms with Crippen LogP contribution < -0.4 is 5.32 Å². The first kappa shape index (κ1) is 22.1. The number of carbonyl (C=O) groups excluding carboxylic acids is 1. The van der Waals surface area contributed by atoms with Gasteiger partial charge in [-0.1, -0.05) is 66.7 Å². The smallest absolute Gasteiger partial charge is 0.407 e. The summed E-state index contributed by atoms with van der Waals surface area (Å²) in [6.07, 6.45) is -2.29. The third-order valence-electron chi connectivity index (χ3n) is 6.38. The molecule has 3 N–H and O–H groups in total. The highest BCUT2D eigenvalue weighted by molar-refractivity contribution is 5.79. The minimum atomic E-state index is -1.00. The van der Waals surface area contributed by atoms with Crippen molar-refractivity contribution in [3.8, 4) is 11.1 Å². The van der Waals surface area contributed by atoms with Crippen LogP contribution in [0.1, 0.15) is 46.3 Å². The summed E-state index contributed by atoms with van der Waals surface area (Å²) in [6, 6.07) is 22.0. The lowest BCUT2D eigenvalue weighted by Crippen LogP contribution is -2.30. The second-order valence-corrected chi connectivity index (χ2v) is 8.34. The van der Waals surface area contributed by atoms with Gasteiger partial charge in [0.15, 0.2) is 0 Å². The zero-order chi connectivity index (χ0) is 22.7. The molecule has 0 saturated heterocycles. The Morgan fingerprint density at radius 1 is 0.938 bits per heavy atom. The number of aliphatic hydroxyl groups is 2. The molecule has 3 aromatic carbocycles. The predicted octanol–water partition coefficient (Wildman–Crippen LogP) is 4.63. The Morgan fingerprint density at radius 2 is 1.56 bits per heavy atom. The summed E-state index contributed by atoms with van der Waals surface area (Å²) >= 11 is 0. The SMILES string of the molecule is Cc1cccc(C(O)C(O)CCNC(=O)OCC2c3ccccc3-c3ccccc32)c1C. The summed E-state index contributed by atoms with van der Waals surface area (Å²) in [4.78, 5) is 12.3. The fourth-order valence-electron chi connectivity index (χ4n) is 4.43. The highest BCUT2D eigenvalue weighted by atomic mass is 16.5. The van der Waals surface area contributed by atoms with Crippen LogP contribution in [0.2, 0.25) is 0 Å². The minimum Gasteiger partial charge on any atom is -0.449 e. The molecule has 0 bridgehead atoms. The van der Waals surface area contributed by atoms with Crippen molar-refractivity contribution < 1.29 is 19.7 Å². The fraction of sp³-hybridized carbons (Fsp3) is 0.296. The van der Waals surface area contributed by atoms with Crippen LogP contribution in [0.25, 0.3) is 11.1 Å². The lowest BCUT2D eigenvalue weighted by Gasteiger charge is -2.21. The number of carbonyl (C=O) groups is 1. The molecule has 1 amide bonds. The molecule has 32 heavy (non-hydrogen) atoms. The number of aliphatic hydroxyl groups excluding tert-OH is 2. The van der Waals surface area contributed by atoms with Crippen molar-refractivity contribution in [2.45, 2.75) is 38.4 Å². The molecule has 0 radical (unpaired) electrons. The third-order valence-corrected chi connectivity index (χ3v) is 6.38. The average molecular weight is 432 g/mol. The van der Waals surface area contributed by atoms with Crippen molar-refractivity contribution >= 4 is 6.09 Å². The number of hydrogen-bond acceptors (Lipinski definition) is 4. The quantitative estimate of drug-likeness (QED) is 0.510. The van der Waals surface area contributed by atoms with Crippen molar-refractivity contribution in [1.29, 1.82) is 0 Å². The Kier molecular flexibility index (Phi) is 6.58. The van der Waals surface area contributed by atoms with E-state index < -0.39 is 18.3 Å². The Bertz CT molecular complexity index is 1060. The monoisotopic (exact) mass is 431 g/mol. The molecule has 5 nitrogen and oxygen atoms in total. The van der Waals surface area contributed by atoms with Crippen molar-refractivity contribution in [3.63, 3.8) is 0 Å². The zero-order valence-electron chi connectivity index (χ0n) is 18.4. The van der Waals surface area contributed by atoms with Crippen LogP contribution in [-0.2, 0) is 4.74 Å². The van der Waals surface area contributed by atoms with E-state index in [1.165, 1.54) is 11.1 Å².